The van der Waals surface area contributed by atoms with Crippen molar-refractivity contribution in [3.05, 3.63) is 58.7 Å². The molecule has 0 atom stereocenters. The number of hydrogen-bond acceptors (Lipinski definition) is 4. The van der Waals surface area contributed by atoms with E-state index in [9.17, 15) is 13.2 Å². The Morgan fingerprint density at radius 3 is 2.39 bits per heavy atom. The van der Waals surface area contributed by atoms with Crippen molar-refractivity contribution < 1.29 is 23.1 Å². The number of sulfonamides is 1. The molecule has 7 nitrogen and oxygen atoms in total. The highest BCUT2D eigenvalue weighted by molar-refractivity contribution is 7.90. The molecule has 0 aliphatic carbocycles. The first-order valence-corrected chi connectivity index (χ1v) is 10.2. The second-order valence-electron chi connectivity index (χ2n) is 6.43. The standard InChI is InChI=1S/C20H24N2O5S/c1-13-12-17(27-11-7-10-18(23)24)14(2)15(3)19(13)28(25,26)22-20(21)16-8-5-4-6-9-16/h4-6,8-9,12H,7,10-11H2,1-3H3,(H2,21,22)(H,23,24). The maximum Gasteiger partial charge on any atom is 0.303 e. The minimum absolute atomic E-state index is 0.0109. The predicted molar refractivity (Wildman–Crippen MR) is 107 cm³/mol. The van der Waals surface area contributed by atoms with Crippen molar-refractivity contribution in [1.29, 1.82) is 0 Å². The third-order valence-corrected chi connectivity index (χ3v) is 5.90. The molecule has 0 heterocycles. The Morgan fingerprint density at radius 2 is 1.79 bits per heavy atom. The van der Waals surface area contributed by atoms with Gasteiger partial charge in [0.1, 0.15) is 11.6 Å². The van der Waals surface area contributed by atoms with Crippen molar-refractivity contribution >= 4 is 21.8 Å². The number of nitrogens with two attached hydrogens (primary N) is 1. The Morgan fingerprint density at radius 1 is 1.14 bits per heavy atom. The molecular weight excluding hydrogens is 380 g/mol. The zero-order valence-electron chi connectivity index (χ0n) is 16.1. The molecule has 0 aliphatic heterocycles. The van der Waals surface area contributed by atoms with Gasteiger partial charge >= 0.3 is 5.97 Å². The molecule has 28 heavy (non-hydrogen) atoms. The number of carboxylic acid groups (broad SMARTS) is 1. The normalized spacial score (nSPS) is 12.0. The fraction of sp³-hybridized carbons (Fsp3) is 0.300. The van der Waals surface area contributed by atoms with Crippen LogP contribution in [0.1, 0.15) is 35.1 Å². The maximum atomic E-state index is 12.9. The van der Waals surface area contributed by atoms with Crippen LogP contribution in [0.2, 0.25) is 0 Å². The smallest absolute Gasteiger partial charge is 0.303 e. The van der Waals surface area contributed by atoms with E-state index in [4.69, 9.17) is 15.6 Å². The monoisotopic (exact) mass is 404 g/mol. The minimum atomic E-state index is -4.01. The van der Waals surface area contributed by atoms with Crippen molar-refractivity contribution in [2.75, 3.05) is 6.61 Å². The van der Waals surface area contributed by atoms with Crippen LogP contribution in [-0.2, 0) is 14.8 Å². The molecule has 3 N–H and O–H groups in total. The number of rotatable bonds is 8. The van der Waals surface area contributed by atoms with E-state index in [1.54, 1.807) is 57.2 Å². The highest BCUT2D eigenvalue weighted by atomic mass is 32.2. The Bertz CT molecular complexity index is 999. The fourth-order valence-electron chi connectivity index (χ4n) is 2.81. The first-order chi connectivity index (χ1) is 13.1. The Kier molecular flexibility index (Phi) is 6.80. The van der Waals surface area contributed by atoms with Crippen LogP contribution in [0.4, 0.5) is 0 Å². The molecule has 0 saturated heterocycles. The average molecular weight is 404 g/mol. The van der Waals surface area contributed by atoms with Crippen molar-refractivity contribution in [3.8, 4) is 5.75 Å². The number of nitrogens with zero attached hydrogens (tertiary/aromatic N) is 1. The van der Waals surface area contributed by atoms with Gasteiger partial charge in [-0.05, 0) is 49.9 Å². The van der Waals surface area contributed by atoms with Crippen LogP contribution in [-0.4, -0.2) is 31.9 Å². The Balaban J connectivity index is 2.35. The summed E-state index contributed by atoms with van der Waals surface area (Å²) in [5.41, 5.74) is 8.09. The topological polar surface area (TPSA) is 119 Å². The number of carboxylic acids is 1. The summed E-state index contributed by atoms with van der Waals surface area (Å²) in [4.78, 5) is 10.7. The summed E-state index contributed by atoms with van der Waals surface area (Å²) < 4.78 is 35.2. The second kappa shape index (κ2) is 8.88. The summed E-state index contributed by atoms with van der Waals surface area (Å²) in [5, 5.41) is 8.69. The van der Waals surface area contributed by atoms with Crippen LogP contribution in [0.15, 0.2) is 45.7 Å². The van der Waals surface area contributed by atoms with E-state index >= 15 is 0 Å². The van der Waals surface area contributed by atoms with Crippen molar-refractivity contribution in [2.45, 2.75) is 38.5 Å². The zero-order chi connectivity index (χ0) is 20.9. The second-order valence-corrected chi connectivity index (χ2v) is 7.98. The summed E-state index contributed by atoms with van der Waals surface area (Å²) >= 11 is 0. The van der Waals surface area contributed by atoms with E-state index < -0.39 is 16.0 Å². The first-order valence-electron chi connectivity index (χ1n) is 8.74. The van der Waals surface area contributed by atoms with Gasteiger partial charge in [-0.15, -0.1) is 4.40 Å². The van der Waals surface area contributed by atoms with Gasteiger partial charge in [0.15, 0.2) is 0 Å². The van der Waals surface area contributed by atoms with E-state index in [1.807, 2.05) is 0 Å². The van der Waals surface area contributed by atoms with Gasteiger partial charge in [-0.25, -0.2) is 0 Å². The lowest BCUT2D eigenvalue weighted by Crippen LogP contribution is -2.17. The molecule has 0 unspecified atom stereocenters. The lowest BCUT2D eigenvalue weighted by atomic mass is 10.1. The van der Waals surface area contributed by atoms with E-state index in [1.165, 1.54) is 0 Å². The number of benzene rings is 2. The molecule has 0 aromatic heterocycles. The molecule has 0 saturated carbocycles. The zero-order valence-corrected chi connectivity index (χ0v) is 16.9. The number of aryl methyl sites for hydroxylation is 1. The van der Waals surface area contributed by atoms with E-state index in [0.29, 0.717) is 34.4 Å². The van der Waals surface area contributed by atoms with Gasteiger partial charge in [0, 0.05) is 12.0 Å². The maximum absolute atomic E-state index is 12.9. The highest BCUT2D eigenvalue weighted by Crippen LogP contribution is 2.32. The molecule has 150 valence electrons. The highest BCUT2D eigenvalue weighted by Gasteiger charge is 2.23. The number of hydrogen-bond donors (Lipinski definition) is 2. The Hall–Kier alpha value is -2.87. The molecule has 0 bridgehead atoms. The largest absolute Gasteiger partial charge is 0.493 e. The van der Waals surface area contributed by atoms with Gasteiger partial charge in [-0.2, -0.15) is 8.42 Å². The Labute approximate surface area is 164 Å². The third kappa shape index (κ3) is 5.10. The van der Waals surface area contributed by atoms with Crippen LogP contribution in [0, 0.1) is 20.8 Å². The first kappa shape index (κ1) is 21.4. The summed E-state index contributed by atoms with van der Waals surface area (Å²) in [7, 11) is -4.01. The molecule has 0 spiro atoms. The fourth-order valence-corrected chi connectivity index (χ4v) is 4.27. The van der Waals surface area contributed by atoms with Gasteiger partial charge in [0.25, 0.3) is 10.0 Å². The molecular formula is C20H24N2O5S. The van der Waals surface area contributed by atoms with Crippen molar-refractivity contribution in [1.82, 2.24) is 0 Å². The lowest BCUT2D eigenvalue weighted by molar-refractivity contribution is -0.137. The van der Waals surface area contributed by atoms with Gasteiger partial charge in [0.2, 0.25) is 0 Å². The number of aliphatic carboxylic acids is 1. The number of carbonyl (C=O) groups is 1. The average Bonchev–Trinajstić information content (AvgIpc) is 2.62. The third-order valence-electron chi connectivity index (χ3n) is 4.32. The molecule has 0 amide bonds. The summed E-state index contributed by atoms with van der Waals surface area (Å²) in [6, 6.07) is 10.3. The van der Waals surface area contributed by atoms with E-state index in [0.717, 1.165) is 0 Å². The van der Waals surface area contributed by atoms with Crippen LogP contribution in [0.5, 0.6) is 5.75 Å². The minimum Gasteiger partial charge on any atom is -0.493 e. The van der Waals surface area contributed by atoms with Gasteiger partial charge in [0.05, 0.1) is 11.5 Å². The van der Waals surface area contributed by atoms with Crippen molar-refractivity contribution in [3.63, 3.8) is 0 Å². The van der Waals surface area contributed by atoms with Crippen LogP contribution >= 0.6 is 0 Å². The summed E-state index contributed by atoms with van der Waals surface area (Å²) in [6.07, 6.45) is 0.377. The molecule has 2 rings (SSSR count). The number of ether oxygens (including phenoxy) is 1. The molecule has 8 heteroatoms. The molecule has 2 aromatic carbocycles. The summed E-state index contributed by atoms with van der Waals surface area (Å²) in [5.74, 6) is -0.437. The summed E-state index contributed by atoms with van der Waals surface area (Å²) in [6.45, 7) is 5.34. The van der Waals surface area contributed by atoms with Crippen LogP contribution < -0.4 is 10.5 Å². The molecule has 2 aromatic rings. The number of amidine groups is 1. The van der Waals surface area contributed by atoms with E-state index in [2.05, 4.69) is 4.40 Å². The molecule has 0 fully saturated rings. The quantitative estimate of drug-likeness (QED) is 0.397. The van der Waals surface area contributed by atoms with E-state index in [-0.39, 0.29) is 23.8 Å². The van der Waals surface area contributed by atoms with Crippen LogP contribution in [0.25, 0.3) is 0 Å². The molecule has 0 radical (unpaired) electrons. The predicted octanol–water partition coefficient (Wildman–Crippen LogP) is 2.95. The van der Waals surface area contributed by atoms with Gasteiger partial charge in [-0.3, -0.25) is 4.79 Å². The van der Waals surface area contributed by atoms with Crippen molar-refractivity contribution in [2.24, 2.45) is 10.1 Å². The van der Waals surface area contributed by atoms with Gasteiger partial charge < -0.3 is 15.6 Å². The lowest BCUT2D eigenvalue weighted by Gasteiger charge is -2.16. The van der Waals surface area contributed by atoms with Gasteiger partial charge in [-0.1, -0.05) is 30.3 Å². The molecule has 0 aliphatic rings. The SMILES string of the molecule is Cc1cc(OCCCC(=O)O)c(C)c(C)c1S(=O)(=O)N=C(N)c1ccccc1. The van der Waals surface area contributed by atoms with Crippen LogP contribution in [0.3, 0.4) is 0 Å².